The van der Waals surface area contributed by atoms with Crippen LogP contribution in [0.25, 0.3) is 11.3 Å². The van der Waals surface area contributed by atoms with Crippen LogP contribution < -0.4 is 5.32 Å². The van der Waals surface area contributed by atoms with Gasteiger partial charge in [-0.1, -0.05) is 17.7 Å². The Labute approximate surface area is 187 Å². The molecule has 0 atom stereocenters. The normalized spacial score (nSPS) is 11.5. The second-order valence-corrected chi connectivity index (χ2v) is 9.88. The van der Waals surface area contributed by atoms with E-state index in [2.05, 4.69) is 10.3 Å². The van der Waals surface area contributed by atoms with E-state index in [9.17, 15) is 13.2 Å². The van der Waals surface area contributed by atoms with Gasteiger partial charge in [-0.2, -0.15) is 0 Å². The number of nitrogens with zero attached hydrogens (tertiary/aromatic N) is 2. The van der Waals surface area contributed by atoms with Crippen molar-refractivity contribution in [1.29, 1.82) is 0 Å². The van der Waals surface area contributed by atoms with Crippen LogP contribution in [0.15, 0.2) is 71.8 Å². The summed E-state index contributed by atoms with van der Waals surface area (Å²) in [5.74, 6) is -0.275. The summed E-state index contributed by atoms with van der Waals surface area (Å²) in [7, 11) is 0.427. The second kappa shape index (κ2) is 10.0. The van der Waals surface area contributed by atoms with Gasteiger partial charge in [0.1, 0.15) is 0 Å². The molecule has 0 aliphatic carbocycles. The summed E-state index contributed by atoms with van der Waals surface area (Å²) in [5, 5.41) is 3.35. The van der Waals surface area contributed by atoms with E-state index >= 15 is 0 Å². The first-order valence-electron chi connectivity index (χ1n) is 9.76. The Morgan fingerprint density at radius 3 is 2.45 bits per heavy atom. The number of carbonyl (C=O) groups excluding carboxylic acids is 1. The highest BCUT2D eigenvalue weighted by molar-refractivity contribution is 7.91. The van der Waals surface area contributed by atoms with Gasteiger partial charge < -0.3 is 10.2 Å². The minimum atomic E-state index is -3.38. The van der Waals surface area contributed by atoms with Crippen LogP contribution in [0, 0.1) is 0 Å². The maximum Gasteiger partial charge on any atom is 0.255 e. The van der Waals surface area contributed by atoms with E-state index in [-0.39, 0.29) is 16.6 Å². The van der Waals surface area contributed by atoms with E-state index in [1.165, 1.54) is 24.3 Å². The lowest BCUT2D eigenvalue weighted by atomic mass is 10.1. The highest BCUT2D eigenvalue weighted by Gasteiger charge is 2.16. The Kier molecular flexibility index (Phi) is 7.43. The SMILES string of the molecule is CN(C)CCCS(=O)(=O)c1ccc(C(=O)Nc2ccc(Cl)c(-c3ccccn3)c2)cc1. The van der Waals surface area contributed by atoms with Crippen LogP contribution in [0.5, 0.6) is 0 Å². The molecule has 3 aromatic rings. The van der Waals surface area contributed by atoms with Gasteiger partial charge in [0.25, 0.3) is 5.91 Å². The fourth-order valence-electron chi connectivity index (χ4n) is 3.03. The maximum absolute atomic E-state index is 12.6. The summed E-state index contributed by atoms with van der Waals surface area (Å²) in [6.45, 7) is 0.696. The highest BCUT2D eigenvalue weighted by Crippen LogP contribution is 2.29. The number of amides is 1. The number of hydrogen-bond donors (Lipinski definition) is 1. The topological polar surface area (TPSA) is 79.4 Å². The molecule has 0 fully saturated rings. The molecule has 2 aromatic carbocycles. The molecule has 162 valence electrons. The third-order valence-electron chi connectivity index (χ3n) is 4.66. The van der Waals surface area contributed by atoms with Gasteiger partial charge in [-0.3, -0.25) is 9.78 Å². The number of sulfone groups is 1. The molecular formula is C23H24ClN3O3S. The van der Waals surface area contributed by atoms with Crippen LogP contribution in [0.1, 0.15) is 16.8 Å². The van der Waals surface area contributed by atoms with Crippen LogP contribution in [0.4, 0.5) is 5.69 Å². The van der Waals surface area contributed by atoms with Gasteiger partial charge in [-0.05, 0) is 81.7 Å². The van der Waals surface area contributed by atoms with Crippen LogP contribution in [0.2, 0.25) is 5.02 Å². The summed E-state index contributed by atoms with van der Waals surface area (Å²) in [5.41, 5.74) is 2.34. The molecule has 8 heteroatoms. The van der Waals surface area contributed by atoms with E-state index in [0.29, 0.717) is 40.5 Å². The molecule has 3 rings (SSSR count). The van der Waals surface area contributed by atoms with Crippen molar-refractivity contribution in [2.24, 2.45) is 0 Å². The molecule has 0 radical (unpaired) electrons. The van der Waals surface area contributed by atoms with Gasteiger partial charge in [0, 0.05) is 23.0 Å². The first-order chi connectivity index (χ1) is 14.8. The smallest absolute Gasteiger partial charge is 0.255 e. The number of anilines is 1. The van der Waals surface area contributed by atoms with Crippen molar-refractivity contribution in [3.63, 3.8) is 0 Å². The van der Waals surface area contributed by atoms with Crippen molar-refractivity contribution in [3.8, 4) is 11.3 Å². The van der Waals surface area contributed by atoms with Crippen LogP contribution in [-0.4, -0.2) is 50.6 Å². The average Bonchev–Trinajstić information content (AvgIpc) is 2.75. The number of pyridine rings is 1. The zero-order chi connectivity index (χ0) is 22.4. The predicted octanol–water partition coefficient (Wildman–Crippen LogP) is 4.38. The lowest BCUT2D eigenvalue weighted by molar-refractivity contribution is 0.102. The van der Waals surface area contributed by atoms with E-state index in [4.69, 9.17) is 11.6 Å². The van der Waals surface area contributed by atoms with Gasteiger partial charge in [0.05, 0.1) is 21.4 Å². The van der Waals surface area contributed by atoms with Crippen molar-refractivity contribution in [3.05, 3.63) is 77.4 Å². The number of hydrogen-bond acceptors (Lipinski definition) is 5. The molecule has 1 heterocycles. The first kappa shape index (κ1) is 22.9. The molecule has 1 aromatic heterocycles. The average molecular weight is 458 g/mol. The van der Waals surface area contributed by atoms with Crippen molar-refractivity contribution in [1.82, 2.24) is 9.88 Å². The predicted molar refractivity (Wildman–Crippen MR) is 124 cm³/mol. The molecule has 0 bridgehead atoms. The molecule has 1 amide bonds. The standard InChI is InChI=1S/C23H24ClN3O3S/c1-27(2)14-5-15-31(29,30)19-10-7-17(8-11-19)23(28)26-18-9-12-21(24)20(16-18)22-6-3-4-13-25-22/h3-4,6-13,16H,5,14-15H2,1-2H3,(H,26,28). The molecule has 6 nitrogen and oxygen atoms in total. The Morgan fingerprint density at radius 1 is 1.06 bits per heavy atom. The van der Waals surface area contributed by atoms with Gasteiger partial charge in [-0.25, -0.2) is 8.42 Å². The highest BCUT2D eigenvalue weighted by atomic mass is 35.5. The molecule has 0 spiro atoms. The Balaban J connectivity index is 1.72. The molecule has 0 saturated carbocycles. The van der Waals surface area contributed by atoms with Crippen molar-refractivity contribution in [2.75, 3.05) is 31.7 Å². The summed E-state index contributed by atoms with van der Waals surface area (Å²) in [6.07, 6.45) is 2.22. The van der Waals surface area contributed by atoms with Crippen molar-refractivity contribution < 1.29 is 13.2 Å². The molecule has 0 aliphatic heterocycles. The number of aromatic nitrogens is 1. The van der Waals surface area contributed by atoms with Crippen molar-refractivity contribution in [2.45, 2.75) is 11.3 Å². The number of benzene rings is 2. The Morgan fingerprint density at radius 2 is 1.81 bits per heavy atom. The van der Waals surface area contributed by atoms with E-state index in [1.54, 1.807) is 24.4 Å². The van der Waals surface area contributed by atoms with Gasteiger partial charge >= 0.3 is 0 Å². The van der Waals surface area contributed by atoms with Crippen molar-refractivity contribution >= 4 is 33.0 Å². The monoisotopic (exact) mass is 457 g/mol. The minimum absolute atomic E-state index is 0.0673. The summed E-state index contributed by atoms with van der Waals surface area (Å²) in [4.78, 5) is 19.1. The van der Waals surface area contributed by atoms with Crippen LogP contribution in [-0.2, 0) is 9.84 Å². The van der Waals surface area contributed by atoms with Gasteiger partial charge in [0.2, 0.25) is 0 Å². The molecular weight excluding hydrogens is 434 g/mol. The number of rotatable bonds is 8. The number of carbonyl (C=O) groups is 1. The van der Waals surface area contributed by atoms with E-state index in [1.807, 2.05) is 37.2 Å². The first-order valence-corrected chi connectivity index (χ1v) is 11.8. The van der Waals surface area contributed by atoms with Gasteiger partial charge in [-0.15, -0.1) is 0 Å². The third kappa shape index (κ3) is 6.13. The van der Waals surface area contributed by atoms with E-state index in [0.717, 1.165) is 0 Å². The second-order valence-electron chi connectivity index (χ2n) is 7.36. The van der Waals surface area contributed by atoms with Crippen LogP contribution in [0.3, 0.4) is 0 Å². The molecule has 31 heavy (non-hydrogen) atoms. The molecule has 0 aliphatic rings. The zero-order valence-electron chi connectivity index (χ0n) is 17.4. The lowest BCUT2D eigenvalue weighted by Gasteiger charge is -2.11. The summed E-state index contributed by atoms with van der Waals surface area (Å²) >= 11 is 6.29. The van der Waals surface area contributed by atoms with E-state index < -0.39 is 9.84 Å². The fourth-order valence-corrected chi connectivity index (χ4v) is 4.54. The summed E-state index contributed by atoms with van der Waals surface area (Å²) in [6, 6.07) is 16.7. The zero-order valence-corrected chi connectivity index (χ0v) is 18.9. The molecule has 1 N–H and O–H groups in total. The number of nitrogens with one attached hydrogen (secondary N) is 1. The quantitative estimate of drug-likeness (QED) is 0.543. The minimum Gasteiger partial charge on any atom is -0.322 e. The lowest BCUT2D eigenvalue weighted by Crippen LogP contribution is -2.17. The third-order valence-corrected chi connectivity index (χ3v) is 6.81. The largest absolute Gasteiger partial charge is 0.322 e. The van der Waals surface area contributed by atoms with Gasteiger partial charge in [0.15, 0.2) is 9.84 Å². The Hall–Kier alpha value is -2.74. The van der Waals surface area contributed by atoms with Crippen LogP contribution >= 0.6 is 11.6 Å². The fraction of sp³-hybridized carbons (Fsp3) is 0.217. The molecule has 0 saturated heterocycles. The number of halogens is 1. The Bertz CT molecular complexity index is 1150. The maximum atomic E-state index is 12.6. The summed E-state index contributed by atoms with van der Waals surface area (Å²) < 4.78 is 24.9. The molecule has 0 unspecified atom stereocenters.